The van der Waals surface area contributed by atoms with Crippen molar-refractivity contribution >= 4 is 0 Å². The van der Waals surface area contributed by atoms with Crippen LogP contribution >= 0.6 is 0 Å². The molecule has 3 heteroatoms. The van der Waals surface area contributed by atoms with E-state index in [9.17, 15) is 0 Å². The van der Waals surface area contributed by atoms with Gasteiger partial charge < -0.3 is 9.73 Å². The van der Waals surface area contributed by atoms with Crippen LogP contribution < -0.4 is 5.32 Å². The van der Waals surface area contributed by atoms with Crippen LogP contribution in [0.3, 0.4) is 0 Å². The summed E-state index contributed by atoms with van der Waals surface area (Å²) in [6, 6.07) is 4.95. The standard InChI is InChI=1S/C14H24N2O/c1-5-14(4)10-16(11(2)9-15-14)12(3)13-7-6-8-17-13/h6-8,11-12,15H,5,9-10H2,1-4H3. The smallest absolute Gasteiger partial charge is 0.120 e. The van der Waals surface area contributed by atoms with Gasteiger partial charge in [0.1, 0.15) is 5.76 Å². The van der Waals surface area contributed by atoms with Gasteiger partial charge in [-0.15, -0.1) is 0 Å². The second-order valence-corrected chi connectivity index (χ2v) is 5.51. The molecule has 3 unspecified atom stereocenters. The molecule has 1 aromatic rings. The Labute approximate surface area is 104 Å². The Morgan fingerprint density at radius 2 is 2.41 bits per heavy atom. The number of hydrogen-bond donors (Lipinski definition) is 1. The average Bonchev–Trinajstić information content (AvgIpc) is 2.85. The first-order valence-electron chi connectivity index (χ1n) is 6.60. The van der Waals surface area contributed by atoms with Crippen molar-refractivity contribution in [2.24, 2.45) is 0 Å². The highest BCUT2D eigenvalue weighted by Crippen LogP contribution is 2.28. The van der Waals surface area contributed by atoms with Gasteiger partial charge in [-0.2, -0.15) is 0 Å². The summed E-state index contributed by atoms with van der Waals surface area (Å²) in [4.78, 5) is 2.54. The van der Waals surface area contributed by atoms with Crippen molar-refractivity contribution in [3.8, 4) is 0 Å². The molecular weight excluding hydrogens is 212 g/mol. The molecule has 2 heterocycles. The quantitative estimate of drug-likeness (QED) is 0.874. The van der Waals surface area contributed by atoms with E-state index in [-0.39, 0.29) is 5.54 Å². The molecule has 2 rings (SSSR count). The van der Waals surface area contributed by atoms with Gasteiger partial charge in [0.05, 0.1) is 12.3 Å². The van der Waals surface area contributed by atoms with Crippen LogP contribution in [0.15, 0.2) is 22.8 Å². The van der Waals surface area contributed by atoms with Crippen molar-refractivity contribution < 1.29 is 4.42 Å². The highest BCUT2D eigenvalue weighted by Gasteiger charge is 2.35. The van der Waals surface area contributed by atoms with E-state index < -0.39 is 0 Å². The van der Waals surface area contributed by atoms with Crippen molar-refractivity contribution in [1.82, 2.24) is 10.2 Å². The first-order chi connectivity index (χ1) is 8.06. The molecule has 0 aromatic carbocycles. The molecule has 1 fully saturated rings. The topological polar surface area (TPSA) is 28.4 Å². The van der Waals surface area contributed by atoms with Crippen molar-refractivity contribution in [2.45, 2.75) is 51.7 Å². The van der Waals surface area contributed by atoms with Crippen LogP contribution in [0.2, 0.25) is 0 Å². The Hall–Kier alpha value is -0.800. The molecule has 3 nitrogen and oxygen atoms in total. The lowest BCUT2D eigenvalue weighted by atomic mass is 9.92. The van der Waals surface area contributed by atoms with Gasteiger partial charge in [-0.1, -0.05) is 6.92 Å². The molecule has 0 spiro atoms. The van der Waals surface area contributed by atoms with Gasteiger partial charge in [-0.05, 0) is 39.3 Å². The number of nitrogens with one attached hydrogen (secondary N) is 1. The van der Waals surface area contributed by atoms with Gasteiger partial charge in [0, 0.05) is 24.7 Å². The number of piperazine rings is 1. The number of rotatable bonds is 3. The third-order valence-corrected chi connectivity index (χ3v) is 4.15. The largest absolute Gasteiger partial charge is 0.468 e. The zero-order chi connectivity index (χ0) is 12.5. The van der Waals surface area contributed by atoms with Crippen LogP contribution in [0.5, 0.6) is 0 Å². The van der Waals surface area contributed by atoms with Crippen LogP contribution in [-0.4, -0.2) is 29.6 Å². The molecule has 1 aromatic heterocycles. The van der Waals surface area contributed by atoms with Crippen LogP contribution in [0, 0.1) is 0 Å². The van der Waals surface area contributed by atoms with Gasteiger partial charge in [-0.3, -0.25) is 4.90 Å². The minimum Gasteiger partial charge on any atom is -0.468 e. The Morgan fingerprint density at radius 3 is 3.00 bits per heavy atom. The highest BCUT2D eigenvalue weighted by molar-refractivity contribution is 5.06. The SMILES string of the molecule is CCC1(C)CN(C(C)c2ccco2)C(C)CN1. The number of furan rings is 1. The maximum absolute atomic E-state index is 5.54. The summed E-state index contributed by atoms with van der Waals surface area (Å²) in [5.74, 6) is 1.07. The fourth-order valence-electron chi connectivity index (χ4n) is 2.57. The van der Waals surface area contributed by atoms with E-state index in [4.69, 9.17) is 4.42 Å². The molecule has 1 aliphatic heterocycles. The number of nitrogens with zero attached hydrogens (tertiary/aromatic N) is 1. The van der Waals surface area contributed by atoms with E-state index in [0.717, 1.165) is 25.3 Å². The predicted molar refractivity (Wildman–Crippen MR) is 70.0 cm³/mol. The Kier molecular flexibility index (Phi) is 3.59. The Balaban J connectivity index is 2.13. The molecule has 0 radical (unpaired) electrons. The third-order valence-electron chi connectivity index (χ3n) is 4.15. The highest BCUT2D eigenvalue weighted by atomic mass is 16.3. The van der Waals surface area contributed by atoms with Gasteiger partial charge in [0.2, 0.25) is 0 Å². The minimum atomic E-state index is 0.230. The molecule has 0 amide bonds. The molecular formula is C14H24N2O. The third kappa shape index (κ3) is 2.55. The monoisotopic (exact) mass is 236 g/mol. The van der Waals surface area contributed by atoms with Crippen molar-refractivity contribution in [1.29, 1.82) is 0 Å². The van der Waals surface area contributed by atoms with Crippen LogP contribution in [0.25, 0.3) is 0 Å². The lowest BCUT2D eigenvalue weighted by molar-refractivity contribution is 0.0516. The maximum Gasteiger partial charge on any atom is 0.120 e. The van der Waals surface area contributed by atoms with Gasteiger partial charge >= 0.3 is 0 Å². The minimum absolute atomic E-state index is 0.230. The zero-order valence-corrected chi connectivity index (χ0v) is 11.4. The van der Waals surface area contributed by atoms with E-state index in [1.807, 2.05) is 6.07 Å². The summed E-state index contributed by atoms with van der Waals surface area (Å²) >= 11 is 0. The second kappa shape index (κ2) is 4.83. The number of hydrogen-bond acceptors (Lipinski definition) is 3. The van der Waals surface area contributed by atoms with E-state index in [1.54, 1.807) is 6.26 Å². The molecule has 17 heavy (non-hydrogen) atoms. The fraction of sp³-hybridized carbons (Fsp3) is 0.714. The molecule has 96 valence electrons. The van der Waals surface area contributed by atoms with E-state index in [1.165, 1.54) is 0 Å². The average molecular weight is 236 g/mol. The van der Waals surface area contributed by atoms with Crippen molar-refractivity contribution in [3.05, 3.63) is 24.2 Å². The maximum atomic E-state index is 5.54. The molecule has 1 N–H and O–H groups in total. The molecule has 1 aliphatic rings. The van der Waals surface area contributed by atoms with Crippen LogP contribution in [-0.2, 0) is 0 Å². The van der Waals surface area contributed by atoms with E-state index in [0.29, 0.717) is 12.1 Å². The van der Waals surface area contributed by atoms with E-state index in [2.05, 4.69) is 44.0 Å². The summed E-state index contributed by atoms with van der Waals surface area (Å²) in [5, 5.41) is 3.65. The van der Waals surface area contributed by atoms with Gasteiger partial charge in [0.15, 0.2) is 0 Å². The Bertz CT molecular complexity index is 349. The van der Waals surface area contributed by atoms with Gasteiger partial charge in [0.25, 0.3) is 0 Å². The summed E-state index contributed by atoms with van der Waals surface area (Å²) in [7, 11) is 0. The van der Waals surface area contributed by atoms with E-state index >= 15 is 0 Å². The fourth-order valence-corrected chi connectivity index (χ4v) is 2.57. The molecule has 0 aliphatic carbocycles. The summed E-state index contributed by atoms with van der Waals surface area (Å²) < 4.78 is 5.54. The molecule has 1 saturated heterocycles. The Morgan fingerprint density at radius 1 is 1.65 bits per heavy atom. The first-order valence-corrected chi connectivity index (χ1v) is 6.60. The van der Waals surface area contributed by atoms with Crippen molar-refractivity contribution in [3.63, 3.8) is 0 Å². The lowest BCUT2D eigenvalue weighted by Crippen LogP contribution is -2.62. The summed E-state index contributed by atoms with van der Waals surface area (Å²) in [5.41, 5.74) is 0.230. The second-order valence-electron chi connectivity index (χ2n) is 5.51. The lowest BCUT2D eigenvalue weighted by Gasteiger charge is -2.47. The van der Waals surface area contributed by atoms with Crippen LogP contribution in [0.1, 0.15) is 45.9 Å². The van der Waals surface area contributed by atoms with Gasteiger partial charge in [-0.25, -0.2) is 0 Å². The van der Waals surface area contributed by atoms with Crippen LogP contribution in [0.4, 0.5) is 0 Å². The summed E-state index contributed by atoms with van der Waals surface area (Å²) in [6.07, 6.45) is 2.92. The molecule has 0 bridgehead atoms. The molecule has 3 atom stereocenters. The predicted octanol–water partition coefficient (Wildman–Crippen LogP) is 2.80. The normalized spacial score (nSPS) is 32.6. The van der Waals surface area contributed by atoms with Crippen molar-refractivity contribution in [2.75, 3.05) is 13.1 Å². The summed E-state index contributed by atoms with van der Waals surface area (Å²) in [6.45, 7) is 11.2. The molecule has 0 saturated carbocycles. The first kappa shape index (κ1) is 12.7. The zero-order valence-electron chi connectivity index (χ0n) is 11.4.